The Hall–Kier alpha value is -0.970. The molecule has 4 nitrogen and oxygen atoms in total. The van der Waals surface area contributed by atoms with E-state index >= 15 is 0 Å². The quantitative estimate of drug-likeness (QED) is 0.827. The Morgan fingerprint density at radius 2 is 1.84 bits per heavy atom. The van der Waals surface area contributed by atoms with Gasteiger partial charge in [-0.25, -0.2) is 0 Å². The molecule has 3 rings (SSSR count). The summed E-state index contributed by atoms with van der Waals surface area (Å²) in [6, 6.07) is 6.00. The van der Waals surface area contributed by atoms with Crippen molar-refractivity contribution in [2.75, 3.05) is 38.0 Å². The standard InChI is InChI=1S/C13H17N3O.2ClH/c17-13(16-7-5-14-6-8-16)11-1-2-12-10(9-11)3-4-15-12;;/h1-2,9,14-15H,3-8H2;2*1H. The number of rotatable bonds is 1. The molecule has 1 aromatic rings. The highest BCUT2D eigenvalue weighted by molar-refractivity contribution is 5.95. The molecule has 0 bridgehead atoms. The number of halogens is 2. The van der Waals surface area contributed by atoms with E-state index in [1.807, 2.05) is 23.1 Å². The van der Waals surface area contributed by atoms with Gasteiger partial charge in [-0.15, -0.1) is 24.8 Å². The topological polar surface area (TPSA) is 44.4 Å². The number of fused-ring (bicyclic) bond motifs is 1. The molecule has 0 aliphatic carbocycles. The highest BCUT2D eigenvalue weighted by atomic mass is 35.5. The molecule has 0 saturated carbocycles. The Kier molecular flexibility index (Phi) is 5.91. The molecule has 0 unspecified atom stereocenters. The first-order valence-corrected chi connectivity index (χ1v) is 6.21. The summed E-state index contributed by atoms with van der Waals surface area (Å²) in [6.07, 6.45) is 1.03. The van der Waals surface area contributed by atoms with E-state index in [0.29, 0.717) is 0 Å². The Morgan fingerprint density at radius 1 is 1.11 bits per heavy atom. The predicted molar refractivity (Wildman–Crippen MR) is 81.9 cm³/mol. The van der Waals surface area contributed by atoms with E-state index in [-0.39, 0.29) is 30.7 Å². The SMILES string of the molecule is Cl.Cl.O=C(c1ccc2c(c1)CCN2)N1CCNCC1. The van der Waals surface area contributed by atoms with Gasteiger partial charge in [0.1, 0.15) is 0 Å². The number of benzene rings is 1. The number of carbonyl (C=O) groups excluding carboxylic acids is 1. The second kappa shape index (κ2) is 6.98. The van der Waals surface area contributed by atoms with Crippen LogP contribution in [0.15, 0.2) is 18.2 Å². The molecule has 2 aliphatic rings. The number of carbonyl (C=O) groups is 1. The first-order chi connectivity index (χ1) is 8.34. The van der Waals surface area contributed by atoms with Crippen LogP contribution in [0.4, 0.5) is 5.69 Å². The average Bonchev–Trinajstić information content (AvgIpc) is 2.86. The number of hydrogen-bond acceptors (Lipinski definition) is 3. The summed E-state index contributed by atoms with van der Waals surface area (Å²) in [5, 5.41) is 6.57. The lowest BCUT2D eigenvalue weighted by Crippen LogP contribution is -2.46. The molecular formula is C13H19Cl2N3O. The van der Waals surface area contributed by atoms with E-state index < -0.39 is 0 Å². The third kappa shape index (κ3) is 3.32. The fraction of sp³-hybridized carbons (Fsp3) is 0.462. The minimum absolute atomic E-state index is 0. The highest BCUT2D eigenvalue weighted by Gasteiger charge is 2.19. The number of nitrogens with one attached hydrogen (secondary N) is 2. The van der Waals surface area contributed by atoms with Crippen LogP contribution < -0.4 is 10.6 Å². The smallest absolute Gasteiger partial charge is 0.253 e. The van der Waals surface area contributed by atoms with Crippen LogP contribution in [0, 0.1) is 0 Å². The van der Waals surface area contributed by atoms with Gasteiger partial charge in [-0.2, -0.15) is 0 Å². The molecule has 0 aromatic heterocycles. The summed E-state index contributed by atoms with van der Waals surface area (Å²) in [5.74, 6) is 0.168. The van der Waals surface area contributed by atoms with Gasteiger partial charge < -0.3 is 15.5 Å². The van der Waals surface area contributed by atoms with Crippen molar-refractivity contribution in [2.45, 2.75) is 6.42 Å². The van der Waals surface area contributed by atoms with Gasteiger partial charge in [0.15, 0.2) is 0 Å². The van der Waals surface area contributed by atoms with Gasteiger partial charge >= 0.3 is 0 Å². The van der Waals surface area contributed by atoms with Crippen molar-refractivity contribution in [2.24, 2.45) is 0 Å². The normalized spacial score (nSPS) is 16.7. The van der Waals surface area contributed by atoms with Crippen molar-refractivity contribution in [1.29, 1.82) is 0 Å². The first kappa shape index (κ1) is 16.1. The summed E-state index contributed by atoms with van der Waals surface area (Å²) < 4.78 is 0. The lowest BCUT2D eigenvalue weighted by Gasteiger charge is -2.27. The van der Waals surface area contributed by atoms with E-state index in [1.54, 1.807) is 0 Å². The van der Waals surface area contributed by atoms with Crippen molar-refractivity contribution < 1.29 is 4.79 Å². The van der Waals surface area contributed by atoms with Gasteiger partial charge in [-0.3, -0.25) is 4.79 Å². The predicted octanol–water partition coefficient (Wildman–Crippen LogP) is 1.54. The van der Waals surface area contributed by atoms with Gasteiger partial charge in [0.05, 0.1) is 0 Å². The van der Waals surface area contributed by atoms with Crippen LogP contribution in [0.2, 0.25) is 0 Å². The Morgan fingerprint density at radius 3 is 2.58 bits per heavy atom. The summed E-state index contributed by atoms with van der Waals surface area (Å²) in [7, 11) is 0. The van der Waals surface area contributed by atoms with Gasteiger partial charge in [-0.1, -0.05) is 0 Å². The maximum absolute atomic E-state index is 12.3. The molecule has 1 saturated heterocycles. The number of anilines is 1. The monoisotopic (exact) mass is 303 g/mol. The fourth-order valence-electron chi connectivity index (χ4n) is 2.49. The van der Waals surface area contributed by atoms with Crippen molar-refractivity contribution >= 4 is 36.4 Å². The van der Waals surface area contributed by atoms with Gasteiger partial charge in [0.2, 0.25) is 0 Å². The Labute approximate surface area is 125 Å². The molecular weight excluding hydrogens is 285 g/mol. The maximum Gasteiger partial charge on any atom is 0.253 e. The molecule has 1 amide bonds. The molecule has 2 heterocycles. The molecule has 2 aliphatic heterocycles. The second-order valence-electron chi connectivity index (χ2n) is 4.59. The van der Waals surface area contributed by atoms with Crippen molar-refractivity contribution in [3.8, 4) is 0 Å². The molecule has 2 N–H and O–H groups in total. The van der Waals surface area contributed by atoms with E-state index in [2.05, 4.69) is 10.6 Å². The molecule has 106 valence electrons. The summed E-state index contributed by atoms with van der Waals surface area (Å²) in [5.41, 5.74) is 3.28. The number of hydrogen-bond donors (Lipinski definition) is 2. The van der Waals surface area contributed by atoms with Crippen LogP contribution in [-0.4, -0.2) is 43.5 Å². The van der Waals surface area contributed by atoms with Crippen LogP contribution in [-0.2, 0) is 6.42 Å². The minimum Gasteiger partial charge on any atom is -0.384 e. The molecule has 1 fully saturated rings. The number of nitrogens with zero attached hydrogens (tertiary/aromatic N) is 1. The van der Waals surface area contributed by atoms with E-state index in [0.717, 1.165) is 44.7 Å². The van der Waals surface area contributed by atoms with Gasteiger partial charge in [0.25, 0.3) is 5.91 Å². The lowest BCUT2D eigenvalue weighted by molar-refractivity contribution is 0.0736. The molecule has 6 heteroatoms. The van der Waals surface area contributed by atoms with E-state index in [9.17, 15) is 4.79 Å². The van der Waals surface area contributed by atoms with Crippen LogP contribution in [0.5, 0.6) is 0 Å². The van der Waals surface area contributed by atoms with E-state index in [1.165, 1.54) is 11.3 Å². The number of piperazine rings is 1. The van der Waals surface area contributed by atoms with Crippen LogP contribution in [0.25, 0.3) is 0 Å². The third-order valence-corrected chi connectivity index (χ3v) is 3.47. The van der Waals surface area contributed by atoms with Gasteiger partial charge in [-0.05, 0) is 30.2 Å². The molecule has 0 spiro atoms. The minimum atomic E-state index is 0. The summed E-state index contributed by atoms with van der Waals surface area (Å²) >= 11 is 0. The van der Waals surface area contributed by atoms with Crippen LogP contribution in [0.1, 0.15) is 15.9 Å². The maximum atomic E-state index is 12.3. The first-order valence-electron chi connectivity index (χ1n) is 6.21. The van der Waals surface area contributed by atoms with Crippen molar-refractivity contribution in [3.63, 3.8) is 0 Å². The molecule has 1 aromatic carbocycles. The zero-order valence-electron chi connectivity index (χ0n) is 10.6. The summed E-state index contributed by atoms with van der Waals surface area (Å²) in [6.45, 7) is 4.42. The van der Waals surface area contributed by atoms with E-state index in [4.69, 9.17) is 0 Å². The zero-order valence-corrected chi connectivity index (χ0v) is 12.3. The Balaban J connectivity index is 0.000000902. The molecule has 0 atom stereocenters. The summed E-state index contributed by atoms with van der Waals surface area (Å²) in [4.78, 5) is 14.2. The van der Waals surface area contributed by atoms with Crippen molar-refractivity contribution in [1.82, 2.24) is 10.2 Å². The zero-order chi connectivity index (χ0) is 11.7. The van der Waals surface area contributed by atoms with Crippen LogP contribution in [0.3, 0.4) is 0 Å². The highest BCUT2D eigenvalue weighted by Crippen LogP contribution is 2.23. The fourth-order valence-corrected chi connectivity index (χ4v) is 2.49. The average molecular weight is 304 g/mol. The second-order valence-corrected chi connectivity index (χ2v) is 4.59. The van der Waals surface area contributed by atoms with Gasteiger partial charge in [0, 0.05) is 44.0 Å². The largest absolute Gasteiger partial charge is 0.384 e. The molecule has 0 radical (unpaired) electrons. The third-order valence-electron chi connectivity index (χ3n) is 3.47. The molecule has 19 heavy (non-hydrogen) atoms. The van der Waals surface area contributed by atoms with Crippen molar-refractivity contribution in [3.05, 3.63) is 29.3 Å². The van der Waals surface area contributed by atoms with Crippen LogP contribution >= 0.6 is 24.8 Å². The Bertz CT molecular complexity index is 448. The number of amides is 1. The lowest BCUT2D eigenvalue weighted by atomic mass is 10.1.